The standard InChI is InChI=1S/C12H21NO2/c1-2-10(1)9-13-11-3-5-12(6-4-11)14-7-8-15-12/h10-11,13H,1-9H2. The van der Waals surface area contributed by atoms with E-state index >= 15 is 0 Å². The van der Waals surface area contributed by atoms with Gasteiger partial charge in [0, 0.05) is 18.9 Å². The van der Waals surface area contributed by atoms with Crippen LogP contribution in [-0.4, -0.2) is 31.6 Å². The average molecular weight is 211 g/mol. The van der Waals surface area contributed by atoms with Crippen molar-refractivity contribution >= 4 is 0 Å². The largest absolute Gasteiger partial charge is 0.348 e. The Morgan fingerprint density at radius 1 is 1.00 bits per heavy atom. The van der Waals surface area contributed by atoms with Crippen molar-refractivity contribution in [3.05, 3.63) is 0 Å². The van der Waals surface area contributed by atoms with Crippen LogP contribution in [-0.2, 0) is 9.47 Å². The zero-order chi connectivity index (χ0) is 10.1. The quantitative estimate of drug-likeness (QED) is 0.770. The summed E-state index contributed by atoms with van der Waals surface area (Å²) in [5, 5.41) is 3.68. The van der Waals surface area contributed by atoms with E-state index in [4.69, 9.17) is 9.47 Å². The number of nitrogens with one attached hydrogen (secondary N) is 1. The van der Waals surface area contributed by atoms with Gasteiger partial charge in [-0.05, 0) is 38.1 Å². The van der Waals surface area contributed by atoms with Crippen LogP contribution in [0.1, 0.15) is 38.5 Å². The molecule has 0 aromatic carbocycles. The summed E-state index contributed by atoms with van der Waals surface area (Å²) in [6.07, 6.45) is 7.47. The van der Waals surface area contributed by atoms with E-state index in [0.717, 1.165) is 32.0 Å². The monoisotopic (exact) mass is 211 g/mol. The molecule has 1 N–H and O–H groups in total. The predicted octanol–water partition coefficient (Wildman–Crippen LogP) is 1.67. The number of hydrogen-bond donors (Lipinski definition) is 1. The molecular weight excluding hydrogens is 190 g/mol. The van der Waals surface area contributed by atoms with E-state index in [-0.39, 0.29) is 5.79 Å². The van der Waals surface area contributed by atoms with Crippen LogP contribution >= 0.6 is 0 Å². The fourth-order valence-corrected chi connectivity index (χ4v) is 2.70. The van der Waals surface area contributed by atoms with Crippen LogP contribution < -0.4 is 5.32 Å². The third-order valence-corrected chi connectivity index (χ3v) is 3.95. The molecule has 0 radical (unpaired) electrons. The molecule has 0 bridgehead atoms. The minimum absolute atomic E-state index is 0.183. The molecule has 2 saturated carbocycles. The molecule has 2 aliphatic carbocycles. The normalized spacial score (nSPS) is 31.2. The molecule has 0 amide bonds. The van der Waals surface area contributed by atoms with Gasteiger partial charge in [0.2, 0.25) is 0 Å². The summed E-state index contributed by atoms with van der Waals surface area (Å²) in [4.78, 5) is 0. The molecule has 1 aliphatic heterocycles. The van der Waals surface area contributed by atoms with Crippen molar-refractivity contribution in [1.82, 2.24) is 5.32 Å². The lowest BCUT2D eigenvalue weighted by Crippen LogP contribution is -2.42. The highest BCUT2D eigenvalue weighted by Crippen LogP contribution is 2.36. The third-order valence-electron chi connectivity index (χ3n) is 3.95. The van der Waals surface area contributed by atoms with Crippen molar-refractivity contribution in [2.45, 2.75) is 50.4 Å². The second-order valence-corrected chi connectivity index (χ2v) is 5.23. The van der Waals surface area contributed by atoms with Crippen LogP contribution in [0.15, 0.2) is 0 Å². The number of rotatable bonds is 3. The molecule has 3 heteroatoms. The van der Waals surface area contributed by atoms with Gasteiger partial charge in [-0.2, -0.15) is 0 Å². The Balaban J connectivity index is 1.43. The minimum atomic E-state index is -0.183. The van der Waals surface area contributed by atoms with E-state index in [1.165, 1.54) is 32.2 Å². The summed E-state index contributed by atoms with van der Waals surface area (Å²) in [5.74, 6) is 0.803. The van der Waals surface area contributed by atoms with E-state index in [2.05, 4.69) is 5.32 Å². The van der Waals surface area contributed by atoms with E-state index in [1.54, 1.807) is 0 Å². The summed E-state index contributed by atoms with van der Waals surface area (Å²) in [7, 11) is 0. The van der Waals surface area contributed by atoms with Gasteiger partial charge in [0.25, 0.3) is 0 Å². The Morgan fingerprint density at radius 3 is 2.27 bits per heavy atom. The first kappa shape index (κ1) is 10.1. The van der Waals surface area contributed by atoms with Gasteiger partial charge in [-0.15, -0.1) is 0 Å². The molecule has 3 nitrogen and oxygen atoms in total. The molecule has 86 valence electrons. The Hall–Kier alpha value is -0.120. The molecule has 1 spiro atoms. The SMILES string of the molecule is C1COC2(CCC(NCC3CC3)CC2)O1. The van der Waals surface area contributed by atoms with Gasteiger partial charge in [0.15, 0.2) is 5.79 Å². The van der Waals surface area contributed by atoms with Gasteiger partial charge in [-0.25, -0.2) is 0 Å². The number of ether oxygens (including phenoxy) is 2. The van der Waals surface area contributed by atoms with Crippen molar-refractivity contribution in [2.24, 2.45) is 5.92 Å². The molecule has 0 atom stereocenters. The second-order valence-electron chi connectivity index (χ2n) is 5.23. The maximum absolute atomic E-state index is 5.72. The zero-order valence-electron chi connectivity index (χ0n) is 9.34. The predicted molar refractivity (Wildman–Crippen MR) is 57.6 cm³/mol. The molecular formula is C12H21NO2. The Morgan fingerprint density at radius 2 is 1.67 bits per heavy atom. The van der Waals surface area contributed by atoms with Gasteiger partial charge < -0.3 is 14.8 Å². The topological polar surface area (TPSA) is 30.5 Å². The summed E-state index contributed by atoms with van der Waals surface area (Å²) in [6.45, 7) is 2.82. The lowest BCUT2D eigenvalue weighted by molar-refractivity contribution is -0.179. The zero-order valence-corrected chi connectivity index (χ0v) is 9.34. The van der Waals surface area contributed by atoms with Crippen molar-refractivity contribution < 1.29 is 9.47 Å². The lowest BCUT2D eigenvalue weighted by Gasteiger charge is -2.35. The highest BCUT2D eigenvalue weighted by atomic mass is 16.7. The molecule has 3 fully saturated rings. The highest BCUT2D eigenvalue weighted by Gasteiger charge is 2.40. The first-order valence-corrected chi connectivity index (χ1v) is 6.38. The summed E-state index contributed by atoms with van der Waals surface area (Å²) in [6, 6.07) is 0.712. The Labute approximate surface area is 91.5 Å². The molecule has 1 saturated heterocycles. The first-order chi connectivity index (χ1) is 7.36. The van der Waals surface area contributed by atoms with Gasteiger partial charge >= 0.3 is 0 Å². The van der Waals surface area contributed by atoms with Crippen molar-refractivity contribution in [1.29, 1.82) is 0 Å². The summed E-state index contributed by atoms with van der Waals surface area (Å²) < 4.78 is 11.4. The summed E-state index contributed by atoms with van der Waals surface area (Å²) in [5.41, 5.74) is 0. The lowest BCUT2D eigenvalue weighted by atomic mass is 9.90. The molecule has 0 aromatic rings. The van der Waals surface area contributed by atoms with Gasteiger partial charge in [-0.1, -0.05) is 0 Å². The molecule has 1 heterocycles. The third kappa shape index (κ3) is 2.35. The maximum Gasteiger partial charge on any atom is 0.168 e. The molecule has 3 aliphatic rings. The Kier molecular flexibility index (Phi) is 2.71. The van der Waals surface area contributed by atoms with Crippen LogP contribution in [0, 0.1) is 5.92 Å². The fourth-order valence-electron chi connectivity index (χ4n) is 2.70. The maximum atomic E-state index is 5.72. The molecule has 0 aromatic heterocycles. The van der Waals surface area contributed by atoms with Crippen LogP contribution in [0.25, 0.3) is 0 Å². The van der Waals surface area contributed by atoms with Crippen LogP contribution in [0.3, 0.4) is 0 Å². The second kappa shape index (κ2) is 4.04. The minimum Gasteiger partial charge on any atom is -0.348 e. The van der Waals surface area contributed by atoms with E-state index in [9.17, 15) is 0 Å². The molecule has 0 unspecified atom stereocenters. The number of hydrogen-bond acceptors (Lipinski definition) is 3. The van der Waals surface area contributed by atoms with Crippen molar-refractivity contribution in [2.75, 3.05) is 19.8 Å². The fraction of sp³-hybridized carbons (Fsp3) is 1.00. The average Bonchev–Trinajstić information content (AvgIpc) is 2.99. The van der Waals surface area contributed by atoms with Crippen molar-refractivity contribution in [3.63, 3.8) is 0 Å². The first-order valence-electron chi connectivity index (χ1n) is 6.38. The smallest absolute Gasteiger partial charge is 0.168 e. The summed E-state index contributed by atoms with van der Waals surface area (Å²) >= 11 is 0. The van der Waals surface area contributed by atoms with E-state index in [1.807, 2.05) is 0 Å². The van der Waals surface area contributed by atoms with Crippen LogP contribution in [0.2, 0.25) is 0 Å². The van der Waals surface area contributed by atoms with Crippen molar-refractivity contribution in [3.8, 4) is 0 Å². The van der Waals surface area contributed by atoms with Gasteiger partial charge in [-0.3, -0.25) is 0 Å². The van der Waals surface area contributed by atoms with Gasteiger partial charge in [0.05, 0.1) is 13.2 Å². The molecule has 15 heavy (non-hydrogen) atoms. The van der Waals surface area contributed by atoms with Gasteiger partial charge in [0.1, 0.15) is 0 Å². The molecule has 3 rings (SSSR count). The van der Waals surface area contributed by atoms with E-state index in [0.29, 0.717) is 6.04 Å². The van der Waals surface area contributed by atoms with E-state index < -0.39 is 0 Å². The van der Waals surface area contributed by atoms with Crippen LogP contribution in [0.5, 0.6) is 0 Å². The highest BCUT2D eigenvalue weighted by molar-refractivity contribution is 4.86. The Bertz CT molecular complexity index is 212. The van der Waals surface area contributed by atoms with Crippen LogP contribution in [0.4, 0.5) is 0 Å².